The van der Waals surface area contributed by atoms with Crippen LogP contribution in [0, 0.1) is 0 Å². The molecule has 3 nitrogen and oxygen atoms in total. The standard InChI is InChI=1S/C17H16N2OS/c20-17(18-13-15-9-6-12-21-15)16(19-10-4-5-11-19)14-7-2-1-3-8-14/h1-12,16H,13H2,(H,18,20)/t16-/m0/s1. The van der Waals surface area contributed by atoms with Crippen LogP contribution in [0.3, 0.4) is 0 Å². The molecule has 0 spiro atoms. The first-order valence-electron chi connectivity index (χ1n) is 6.82. The minimum Gasteiger partial charge on any atom is -0.349 e. The topological polar surface area (TPSA) is 34.0 Å². The Morgan fingerprint density at radius 1 is 1.05 bits per heavy atom. The van der Waals surface area contributed by atoms with E-state index in [9.17, 15) is 4.79 Å². The molecule has 1 aromatic carbocycles. The first-order valence-corrected chi connectivity index (χ1v) is 7.70. The van der Waals surface area contributed by atoms with Gasteiger partial charge < -0.3 is 9.88 Å². The molecule has 0 aliphatic rings. The summed E-state index contributed by atoms with van der Waals surface area (Å²) in [5, 5.41) is 5.04. The highest BCUT2D eigenvalue weighted by Gasteiger charge is 2.21. The van der Waals surface area contributed by atoms with E-state index in [0.717, 1.165) is 10.4 Å². The molecule has 3 rings (SSSR count). The number of aromatic nitrogens is 1. The van der Waals surface area contributed by atoms with Gasteiger partial charge in [0.1, 0.15) is 6.04 Å². The van der Waals surface area contributed by atoms with Crippen molar-refractivity contribution < 1.29 is 4.79 Å². The molecule has 2 aromatic heterocycles. The maximum Gasteiger partial charge on any atom is 0.247 e. The van der Waals surface area contributed by atoms with Gasteiger partial charge in [-0.2, -0.15) is 0 Å². The molecular formula is C17H16N2OS. The fourth-order valence-electron chi connectivity index (χ4n) is 2.30. The smallest absolute Gasteiger partial charge is 0.247 e. The molecule has 106 valence electrons. The van der Waals surface area contributed by atoms with Crippen molar-refractivity contribution in [2.24, 2.45) is 0 Å². The highest BCUT2D eigenvalue weighted by Crippen LogP contribution is 2.19. The first kappa shape index (κ1) is 13.6. The van der Waals surface area contributed by atoms with Gasteiger partial charge in [-0.3, -0.25) is 4.79 Å². The molecule has 0 radical (unpaired) electrons. The fourth-order valence-corrected chi connectivity index (χ4v) is 2.94. The van der Waals surface area contributed by atoms with Crippen LogP contribution in [-0.4, -0.2) is 10.5 Å². The van der Waals surface area contributed by atoms with Crippen LogP contribution in [0.4, 0.5) is 0 Å². The Balaban J connectivity index is 1.80. The molecule has 0 bridgehead atoms. The average Bonchev–Trinajstić information content (AvgIpc) is 3.20. The number of nitrogens with zero attached hydrogens (tertiary/aromatic N) is 1. The predicted octanol–water partition coefficient (Wildman–Crippen LogP) is 3.46. The molecule has 0 unspecified atom stereocenters. The number of hydrogen-bond donors (Lipinski definition) is 1. The van der Waals surface area contributed by atoms with Gasteiger partial charge in [-0.05, 0) is 29.1 Å². The minimum atomic E-state index is -0.332. The van der Waals surface area contributed by atoms with Gasteiger partial charge in [0, 0.05) is 17.3 Å². The molecule has 21 heavy (non-hydrogen) atoms. The number of carbonyl (C=O) groups is 1. The van der Waals surface area contributed by atoms with Gasteiger partial charge >= 0.3 is 0 Å². The third-order valence-electron chi connectivity index (χ3n) is 3.31. The Labute approximate surface area is 127 Å². The number of carbonyl (C=O) groups excluding carboxylic acids is 1. The summed E-state index contributed by atoms with van der Waals surface area (Å²) < 4.78 is 1.93. The summed E-state index contributed by atoms with van der Waals surface area (Å²) in [4.78, 5) is 13.8. The highest BCUT2D eigenvalue weighted by atomic mass is 32.1. The molecule has 4 heteroatoms. The molecule has 0 saturated heterocycles. The summed E-state index contributed by atoms with van der Waals surface area (Å²) in [5.74, 6) is 0.00537. The van der Waals surface area contributed by atoms with E-state index in [2.05, 4.69) is 5.32 Å². The summed E-state index contributed by atoms with van der Waals surface area (Å²) in [6.45, 7) is 0.571. The summed E-state index contributed by atoms with van der Waals surface area (Å²) in [6, 6.07) is 17.4. The zero-order valence-corrected chi connectivity index (χ0v) is 12.3. The lowest BCUT2D eigenvalue weighted by atomic mass is 10.1. The quantitative estimate of drug-likeness (QED) is 0.768. The van der Waals surface area contributed by atoms with Gasteiger partial charge in [0.25, 0.3) is 0 Å². The van der Waals surface area contributed by atoms with Gasteiger partial charge in [-0.25, -0.2) is 0 Å². The van der Waals surface area contributed by atoms with Crippen molar-refractivity contribution in [1.29, 1.82) is 0 Å². The monoisotopic (exact) mass is 296 g/mol. The zero-order valence-electron chi connectivity index (χ0n) is 11.5. The van der Waals surface area contributed by atoms with E-state index in [1.54, 1.807) is 11.3 Å². The summed E-state index contributed by atoms with van der Waals surface area (Å²) in [6.07, 6.45) is 3.84. The molecule has 1 N–H and O–H groups in total. The zero-order chi connectivity index (χ0) is 14.5. The third-order valence-corrected chi connectivity index (χ3v) is 4.18. The molecule has 3 aromatic rings. The van der Waals surface area contributed by atoms with E-state index < -0.39 is 0 Å². The molecule has 1 atom stereocenters. The summed E-state index contributed by atoms with van der Waals surface area (Å²) in [7, 11) is 0. The van der Waals surface area contributed by atoms with Crippen LogP contribution in [0.15, 0.2) is 72.4 Å². The van der Waals surface area contributed by atoms with E-state index in [1.807, 2.05) is 76.9 Å². The molecule has 2 heterocycles. The summed E-state index contributed by atoms with van der Waals surface area (Å²) in [5.41, 5.74) is 0.984. The Morgan fingerprint density at radius 2 is 1.81 bits per heavy atom. The van der Waals surface area contributed by atoms with E-state index in [0.29, 0.717) is 6.54 Å². The van der Waals surface area contributed by atoms with E-state index >= 15 is 0 Å². The van der Waals surface area contributed by atoms with Crippen LogP contribution in [0.25, 0.3) is 0 Å². The molecule has 0 saturated carbocycles. The normalized spacial score (nSPS) is 12.0. The Hall–Kier alpha value is -2.33. The van der Waals surface area contributed by atoms with Gasteiger partial charge in [-0.1, -0.05) is 36.4 Å². The van der Waals surface area contributed by atoms with Crippen LogP contribution in [-0.2, 0) is 11.3 Å². The number of nitrogens with one attached hydrogen (secondary N) is 1. The van der Waals surface area contributed by atoms with Crippen LogP contribution >= 0.6 is 11.3 Å². The van der Waals surface area contributed by atoms with Crippen molar-refractivity contribution in [2.75, 3.05) is 0 Å². The molecular weight excluding hydrogens is 280 g/mol. The largest absolute Gasteiger partial charge is 0.349 e. The van der Waals surface area contributed by atoms with Crippen molar-refractivity contribution in [3.63, 3.8) is 0 Å². The lowest BCUT2D eigenvalue weighted by Crippen LogP contribution is -2.32. The van der Waals surface area contributed by atoms with Gasteiger partial charge in [0.15, 0.2) is 0 Å². The molecule has 0 aliphatic heterocycles. The Bertz CT molecular complexity index is 675. The number of benzene rings is 1. The van der Waals surface area contributed by atoms with Gasteiger partial charge in [-0.15, -0.1) is 11.3 Å². The van der Waals surface area contributed by atoms with E-state index in [1.165, 1.54) is 0 Å². The number of hydrogen-bond acceptors (Lipinski definition) is 2. The lowest BCUT2D eigenvalue weighted by molar-refractivity contribution is -0.123. The number of amides is 1. The van der Waals surface area contributed by atoms with Crippen molar-refractivity contribution in [3.05, 3.63) is 82.8 Å². The Morgan fingerprint density at radius 3 is 2.48 bits per heavy atom. The second-order valence-electron chi connectivity index (χ2n) is 4.74. The Kier molecular flexibility index (Phi) is 4.17. The van der Waals surface area contributed by atoms with Crippen molar-refractivity contribution in [3.8, 4) is 0 Å². The third kappa shape index (κ3) is 3.23. The van der Waals surface area contributed by atoms with Crippen LogP contribution < -0.4 is 5.32 Å². The number of thiophene rings is 1. The van der Waals surface area contributed by atoms with Crippen molar-refractivity contribution in [1.82, 2.24) is 9.88 Å². The van der Waals surface area contributed by atoms with Crippen molar-refractivity contribution in [2.45, 2.75) is 12.6 Å². The second kappa shape index (κ2) is 6.41. The number of rotatable bonds is 5. The van der Waals surface area contributed by atoms with Crippen LogP contribution in [0.5, 0.6) is 0 Å². The second-order valence-corrected chi connectivity index (χ2v) is 5.77. The maximum absolute atomic E-state index is 12.6. The first-order chi connectivity index (χ1) is 10.3. The fraction of sp³-hybridized carbons (Fsp3) is 0.118. The molecule has 0 fully saturated rings. The maximum atomic E-state index is 12.6. The van der Waals surface area contributed by atoms with E-state index in [-0.39, 0.29) is 11.9 Å². The highest BCUT2D eigenvalue weighted by molar-refractivity contribution is 7.09. The SMILES string of the molecule is O=C(NCc1cccs1)[C@H](c1ccccc1)n1cccc1. The summed E-state index contributed by atoms with van der Waals surface area (Å²) >= 11 is 1.65. The van der Waals surface area contributed by atoms with Crippen LogP contribution in [0.2, 0.25) is 0 Å². The van der Waals surface area contributed by atoms with Crippen molar-refractivity contribution >= 4 is 17.2 Å². The van der Waals surface area contributed by atoms with Gasteiger partial charge in [0.05, 0.1) is 6.54 Å². The molecule has 1 amide bonds. The average molecular weight is 296 g/mol. The minimum absolute atomic E-state index is 0.00537. The van der Waals surface area contributed by atoms with Gasteiger partial charge in [0.2, 0.25) is 5.91 Å². The molecule has 0 aliphatic carbocycles. The predicted molar refractivity (Wildman–Crippen MR) is 85.2 cm³/mol. The van der Waals surface area contributed by atoms with Crippen LogP contribution in [0.1, 0.15) is 16.5 Å². The lowest BCUT2D eigenvalue weighted by Gasteiger charge is -2.19. The van der Waals surface area contributed by atoms with E-state index in [4.69, 9.17) is 0 Å².